The van der Waals surface area contributed by atoms with Gasteiger partial charge in [0.25, 0.3) is 0 Å². The molecule has 0 radical (unpaired) electrons. The predicted octanol–water partition coefficient (Wildman–Crippen LogP) is 2.36. The molecule has 0 aromatic carbocycles. The molecule has 0 aromatic heterocycles. The van der Waals surface area contributed by atoms with Crippen molar-refractivity contribution in [2.24, 2.45) is 0 Å². The number of nitrogens with zero attached hydrogens (tertiary/aromatic N) is 1. The molecule has 16 heavy (non-hydrogen) atoms. The Balaban J connectivity index is 3.59. The maximum Gasteiger partial charge on any atom is 0.133 e. The van der Waals surface area contributed by atoms with Crippen LogP contribution in [0.3, 0.4) is 0 Å². The summed E-state index contributed by atoms with van der Waals surface area (Å²) in [6.07, 6.45) is 2.09. The van der Waals surface area contributed by atoms with Gasteiger partial charge in [0.1, 0.15) is 4.32 Å². The molecule has 5 heteroatoms. The molecule has 0 saturated carbocycles. The van der Waals surface area contributed by atoms with Gasteiger partial charge in [-0.25, -0.2) is 0 Å². The highest BCUT2D eigenvalue weighted by molar-refractivity contribution is 8.10. The third-order valence-electron chi connectivity index (χ3n) is 1.98. The van der Waals surface area contributed by atoms with E-state index in [1.165, 1.54) is 0 Å². The van der Waals surface area contributed by atoms with E-state index < -0.39 is 0 Å². The smallest absolute Gasteiger partial charge is 0.133 e. The minimum Gasteiger partial charge on any atom is -0.380 e. The van der Waals surface area contributed by atoms with E-state index in [1.54, 1.807) is 0 Å². The average molecular weight is 265 g/mol. The van der Waals surface area contributed by atoms with Crippen molar-refractivity contribution in [3.8, 4) is 0 Å². The molecule has 0 aromatic rings. The van der Waals surface area contributed by atoms with Crippen molar-refractivity contribution in [2.75, 3.05) is 39.5 Å². The van der Waals surface area contributed by atoms with Gasteiger partial charge in [0.05, 0.1) is 13.2 Å². The van der Waals surface area contributed by atoms with Gasteiger partial charge in [-0.15, -0.1) is 12.6 Å². The minimum atomic E-state index is 0.611. The largest absolute Gasteiger partial charge is 0.380 e. The van der Waals surface area contributed by atoms with Gasteiger partial charge >= 0.3 is 0 Å². The minimum absolute atomic E-state index is 0.611. The van der Waals surface area contributed by atoms with E-state index in [2.05, 4.69) is 26.5 Å². The Kier molecular flexibility index (Phi) is 11.8. The fraction of sp³-hybridized carbons (Fsp3) is 0.909. The van der Waals surface area contributed by atoms with Gasteiger partial charge < -0.3 is 14.4 Å². The van der Waals surface area contributed by atoms with Crippen molar-refractivity contribution >= 4 is 29.2 Å². The van der Waals surface area contributed by atoms with Crippen LogP contribution in [-0.4, -0.2) is 48.7 Å². The highest BCUT2D eigenvalue weighted by atomic mass is 32.1. The number of thiocarbonyl (C=S) groups is 1. The lowest BCUT2D eigenvalue weighted by atomic mass is 10.5. The van der Waals surface area contributed by atoms with Crippen LogP contribution in [0.5, 0.6) is 0 Å². The Labute approximate surface area is 110 Å². The monoisotopic (exact) mass is 265 g/mol. The molecule has 0 fully saturated rings. The molecule has 0 spiro atoms. The quantitative estimate of drug-likeness (QED) is 0.372. The van der Waals surface area contributed by atoms with Crippen LogP contribution in [0.4, 0.5) is 0 Å². The first-order valence-corrected chi connectivity index (χ1v) is 6.71. The summed E-state index contributed by atoms with van der Waals surface area (Å²) >= 11 is 9.24. The van der Waals surface area contributed by atoms with E-state index >= 15 is 0 Å². The second-order valence-electron chi connectivity index (χ2n) is 3.49. The topological polar surface area (TPSA) is 21.7 Å². The lowest BCUT2D eigenvalue weighted by Gasteiger charge is -2.22. The molecule has 0 bridgehead atoms. The summed E-state index contributed by atoms with van der Waals surface area (Å²) in [5.41, 5.74) is 0. The second kappa shape index (κ2) is 11.6. The highest BCUT2D eigenvalue weighted by Gasteiger charge is 2.05. The highest BCUT2D eigenvalue weighted by Crippen LogP contribution is 1.97. The van der Waals surface area contributed by atoms with E-state index in [0.717, 1.165) is 39.1 Å². The number of hydrogen-bond donors (Lipinski definition) is 1. The summed E-state index contributed by atoms with van der Waals surface area (Å²) in [6, 6.07) is 0. The van der Waals surface area contributed by atoms with Crippen LogP contribution in [0, 0.1) is 0 Å². The summed E-state index contributed by atoms with van der Waals surface area (Å²) in [6.45, 7) is 8.78. The zero-order valence-electron chi connectivity index (χ0n) is 10.3. The number of hydrogen-bond acceptors (Lipinski definition) is 3. The first-order chi connectivity index (χ1) is 7.72. The van der Waals surface area contributed by atoms with Gasteiger partial charge in [-0.2, -0.15) is 0 Å². The lowest BCUT2D eigenvalue weighted by Crippen LogP contribution is -2.33. The normalized spacial score (nSPS) is 10.4. The Morgan fingerprint density at radius 1 is 1.00 bits per heavy atom. The standard InChI is InChI=1S/C11H23NO2S2/c1-3-7-13-9-5-12(11(15)16)6-10-14-8-4-2/h3-10H2,1-2H3,(H,15,16). The number of ether oxygens (including phenoxy) is 2. The van der Waals surface area contributed by atoms with Crippen molar-refractivity contribution in [3.05, 3.63) is 0 Å². The maximum atomic E-state index is 5.41. The molecular weight excluding hydrogens is 242 g/mol. The molecule has 0 atom stereocenters. The first kappa shape index (κ1) is 16.2. The average Bonchev–Trinajstić information content (AvgIpc) is 2.26. The van der Waals surface area contributed by atoms with Crippen LogP contribution in [0.2, 0.25) is 0 Å². The van der Waals surface area contributed by atoms with Crippen molar-refractivity contribution < 1.29 is 9.47 Å². The first-order valence-electron chi connectivity index (χ1n) is 5.85. The Morgan fingerprint density at radius 3 is 1.75 bits per heavy atom. The van der Waals surface area contributed by atoms with Crippen LogP contribution < -0.4 is 0 Å². The van der Waals surface area contributed by atoms with Gasteiger partial charge in [0.15, 0.2) is 0 Å². The van der Waals surface area contributed by atoms with Crippen LogP contribution in [0.25, 0.3) is 0 Å². The van der Waals surface area contributed by atoms with E-state index in [4.69, 9.17) is 21.7 Å². The van der Waals surface area contributed by atoms with E-state index in [-0.39, 0.29) is 0 Å². The van der Waals surface area contributed by atoms with Gasteiger partial charge in [-0.1, -0.05) is 26.1 Å². The maximum absolute atomic E-state index is 5.41. The molecule has 0 saturated heterocycles. The summed E-state index contributed by atoms with van der Waals surface area (Å²) in [4.78, 5) is 2.00. The summed E-state index contributed by atoms with van der Waals surface area (Å²) < 4.78 is 11.4. The molecule has 0 aliphatic rings. The van der Waals surface area contributed by atoms with E-state index in [1.807, 2.05) is 4.90 Å². The molecule has 0 aliphatic heterocycles. The van der Waals surface area contributed by atoms with Gasteiger partial charge in [0, 0.05) is 26.3 Å². The predicted molar refractivity (Wildman–Crippen MR) is 75.4 cm³/mol. The summed E-state index contributed by atoms with van der Waals surface area (Å²) in [5, 5.41) is 0. The molecule has 96 valence electrons. The Morgan fingerprint density at radius 2 is 1.44 bits per heavy atom. The number of thiol groups is 1. The summed E-state index contributed by atoms with van der Waals surface area (Å²) in [5.74, 6) is 0. The van der Waals surface area contributed by atoms with Gasteiger partial charge in [-0.05, 0) is 12.8 Å². The van der Waals surface area contributed by atoms with Gasteiger partial charge in [0.2, 0.25) is 0 Å². The Hall–Kier alpha value is 0.160. The lowest BCUT2D eigenvalue weighted by molar-refractivity contribution is 0.0985. The van der Waals surface area contributed by atoms with Crippen molar-refractivity contribution in [1.29, 1.82) is 0 Å². The molecule has 0 N–H and O–H groups in total. The molecule has 0 rings (SSSR count). The zero-order valence-corrected chi connectivity index (χ0v) is 12.0. The number of rotatable bonds is 10. The fourth-order valence-electron chi connectivity index (χ4n) is 1.15. The second-order valence-corrected chi connectivity index (χ2v) is 4.61. The third-order valence-corrected chi connectivity index (χ3v) is 2.52. The molecule has 0 heterocycles. The van der Waals surface area contributed by atoms with E-state index in [0.29, 0.717) is 17.5 Å². The van der Waals surface area contributed by atoms with Crippen LogP contribution in [-0.2, 0) is 9.47 Å². The van der Waals surface area contributed by atoms with Crippen LogP contribution >= 0.6 is 24.8 Å². The zero-order chi connectivity index (χ0) is 12.2. The molecule has 0 amide bonds. The molecule has 0 unspecified atom stereocenters. The SMILES string of the molecule is CCCOCCN(CCOCCC)C(=S)S. The van der Waals surface area contributed by atoms with E-state index in [9.17, 15) is 0 Å². The third kappa shape index (κ3) is 9.39. The molecule has 0 aliphatic carbocycles. The Bertz CT molecular complexity index is 167. The van der Waals surface area contributed by atoms with Crippen molar-refractivity contribution in [3.63, 3.8) is 0 Å². The van der Waals surface area contributed by atoms with Crippen LogP contribution in [0.15, 0.2) is 0 Å². The molecular formula is C11H23NO2S2. The van der Waals surface area contributed by atoms with Crippen LogP contribution in [0.1, 0.15) is 26.7 Å². The van der Waals surface area contributed by atoms with Gasteiger partial charge in [-0.3, -0.25) is 0 Å². The fourth-order valence-corrected chi connectivity index (χ4v) is 1.53. The van der Waals surface area contributed by atoms with Crippen molar-refractivity contribution in [1.82, 2.24) is 4.90 Å². The summed E-state index contributed by atoms with van der Waals surface area (Å²) in [7, 11) is 0. The van der Waals surface area contributed by atoms with Crippen molar-refractivity contribution in [2.45, 2.75) is 26.7 Å². The molecule has 3 nitrogen and oxygen atoms in total.